The third-order valence-electron chi connectivity index (χ3n) is 2.17. The largest absolute Gasteiger partial charge is 0.478 e. The molecule has 0 saturated carbocycles. The molecular formula is C10H12F2N2O5S. The quantitative estimate of drug-likeness (QED) is 0.823. The third-order valence-corrected chi connectivity index (χ3v) is 3.61. The van der Waals surface area contributed by atoms with Gasteiger partial charge >= 0.3 is 22.8 Å². The highest BCUT2D eigenvalue weighted by atomic mass is 32.2. The second-order valence-electron chi connectivity index (χ2n) is 3.78. The number of carboxylic acids is 1. The molecule has 112 valence electrons. The number of carboxylic acid groups (broad SMARTS) is 1. The summed E-state index contributed by atoms with van der Waals surface area (Å²) in [6.45, 7) is -3.11. The summed E-state index contributed by atoms with van der Waals surface area (Å²) in [7, 11) is -1.53. The number of benzene rings is 1. The third kappa shape index (κ3) is 4.03. The lowest BCUT2D eigenvalue weighted by molar-refractivity contribution is -0.0497. The van der Waals surface area contributed by atoms with E-state index in [9.17, 15) is 22.0 Å². The molecule has 1 aromatic carbocycles. The van der Waals surface area contributed by atoms with Crippen LogP contribution in [0, 0.1) is 0 Å². The highest BCUT2D eigenvalue weighted by Crippen LogP contribution is 2.25. The van der Waals surface area contributed by atoms with Gasteiger partial charge < -0.3 is 9.84 Å². The van der Waals surface area contributed by atoms with Crippen LogP contribution in [-0.4, -0.2) is 44.5 Å². The molecule has 0 aliphatic carbocycles. The summed E-state index contributed by atoms with van der Waals surface area (Å²) in [5.74, 6) is -1.77. The van der Waals surface area contributed by atoms with Gasteiger partial charge in [-0.3, -0.25) is 4.72 Å². The molecule has 0 fully saturated rings. The zero-order valence-electron chi connectivity index (χ0n) is 10.5. The van der Waals surface area contributed by atoms with Gasteiger partial charge in [-0.1, -0.05) is 0 Å². The van der Waals surface area contributed by atoms with Crippen molar-refractivity contribution in [3.63, 3.8) is 0 Å². The van der Waals surface area contributed by atoms with Gasteiger partial charge in [0, 0.05) is 20.2 Å². The molecule has 0 unspecified atom stereocenters. The summed E-state index contributed by atoms with van der Waals surface area (Å²) in [4.78, 5) is 11.0. The minimum Gasteiger partial charge on any atom is -0.478 e. The lowest BCUT2D eigenvalue weighted by Crippen LogP contribution is -2.29. The van der Waals surface area contributed by atoms with E-state index in [1.165, 1.54) is 14.1 Å². The number of aromatic carboxylic acids is 1. The average Bonchev–Trinajstić information content (AvgIpc) is 2.26. The van der Waals surface area contributed by atoms with Crippen LogP contribution in [0.4, 0.5) is 14.5 Å². The Morgan fingerprint density at radius 2 is 2.00 bits per heavy atom. The fourth-order valence-electron chi connectivity index (χ4n) is 1.20. The summed E-state index contributed by atoms with van der Waals surface area (Å²) in [5, 5.41) is 8.94. The molecule has 2 N–H and O–H groups in total. The monoisotopic (exact) mass is 310 g/mol. The van der Waals surface area contributed by atoms with E-state index in [4.69, 9.17) is 5.11 Å². The number of hydrogen-bond acceptors (Lipinski definition) is 4. The normalized spacial score (nSPS) is 11.7. The molecule has 20 heavy (non-hydrogen) atoms. The van der Waals surface area contributed by atoms with Crippen LogP contribution in [0.3, 0.4) is 0 Å². The minimum absolute atomic E-state index is 0.360. The Kier molecular flexibility index (Phi) is 4.84. The summed E-state index contributed by atoms with van der Waals surface area (Å²) >= 11 is 0. The molecule has 0 spiro atoms. The Hall–Kier alpha value is -1.94. The lowest BCUT2D eigenvalue weighted by atomic mass is 10.2. The molecule has 1 rings (SSSR count). The van der Waals surface area contributed by atoms with Crippen LogP contribution in [0.25, 0.3) is 0 Å². The Bertz CT molecular complexity index is 604. The second-order valence-corrected chi connectivity index (χ2v) is 5.67. The van der Waals surface area contributed by atoms with Gasteiger partial charge in [-0.25, -0.2) is 4.79 Å². The van der Waals surface area contributed by atoms with Crippen molar-refractivity contribution in [2.24, 2.45) is 0 Å². The smallest absolute Gasteiger partial charge is 0.387 e. The Morgan fingerprint density at radius 1 is 1.40 bits per heavy atom. The molecule has 0 bridgehead atoms. The number of anilines is 1. The fraction of sp³-hybridized carbons (Fsp3) is 0.300. The lowest BCUT2D eigenvalue weighted by Gasteiger charge is -2.15. The number of nitrogens with zero attached hydrogens (tertiary/aromatic N) is 1. The maximum atomic E-state index is 12.1. The zero-order valence-corrected chi connectivity index (χ0v) is 11.3. The van der Waals surface area contributed by atoms with Crippen molar-refractivity contribution < 1.29 is 31.8 Å². The molecule has 1 aromatic rings. The fourth-order valence-corrected chi connectivity index (χ4v) is 1.83. The van der Waals surface area contributed by atoms with Crippen molar-refractivity contribution in [1.82, 2.24) is 4.31 Å². The van der Waals surface area contributed by atoms with Crippen LogP contribution in [0.2, 0.25) is 0 Å². The van der Waals surface area contributed by atoms with E-state index in [-0.39, 0.29) is 11.4 Å². The maximum absolute atomic E-state index is 12.1. The van der Waals surface area contributed by atoms with Crippen LogP contribution in [0.5, 0.6) is 5.75 Å². The molecule has 0 saturated heterocycles. The van der Waals surface area contributed by atoms with Gasteiger partial charge in [-0.2, -0.15) is 21.5 Å². The number of alkyl halides is 2. The molecule has 0 heterocycles. The van der Waals surface area contributed by atoms with Crippen molar-refractivity contribution in [1.29, 1.82) is 0 Å². The first-order valence-corrected chi connectivity index (χ1v) is 6.60. The highest BCUT2D eigenvalue weighted by molar-refractivity contribution is 7.90. The van der Waals surface area contributed by atoms with Gasteiger partial charge in [0.15, 0.2) is 0 Å². The SMILES string of the molecule is CN(C)S(=O)(=O)Nc1cc(OC(F)F)ccc1C(=O)O. The number of nitrogens with one attached hydrogen (secondary N) is 1. The molecule has 0 atom stereocenters. The number of rotatable bonds is 6. The predicted molar refractivity (Wildman–Crippen MR) is 66.3 cm³/mol. The van der Waals surface area contributed by atoms with Crippen LogP contribution in [-0.2, 0) is 10.2 Å². The number of carbonyl (C=O) groups is 1. The molecule has 0 aromatic heterocycles. The Balaban J connectivity index is 3.22. The van der Waals surface area contributed by atoms with Crippen LogP contribution in [0.1, 0.15) is 10.4 Å². The molecule has 0 radical (unpaired) electrons. The highest BCUT2D eigenvalue weighted by Gasteiger charge is 2.19. The average molecular weight is 310 g/mol. The molecule has 0 aliphatic heterocycles. The van der Waals surface area contributed by atoms with Crippen molar-refractivity contribution >= 4 is 21.9 Å². The van der Waals surface area contributed by atoms with Crippen LogP contribution >= 0.6 is 0 Å². The van der Waals surface area contributed by atoms with Crippen molar-refractivity contribution in [3.8, 4) is 5.75 Å². The Morgan fingerprint density at radius 3 is 2.45 bits per heavy atom. The minimum atomic E-state index is -3.98. The van der Waals surface area contributed by atoms with E-state index in [0.29, 0.717) is 0 Å². The molecule has 0 amide bonds. The predicted octanol–water partition coefficient (Wildman–Crippen LogP) is 1.20. The maximum Gasteiger partial charge on any atom is 0.387 e. The Labute approximate surface area is 113 Å². The molecule has 0 aliphatic rings. The van der Waals surface area contributed by atoms with E-state index < -0.39 is 28.4 Å². The first-order chi connectivity index (χ1) is 9.13. The number of halogens is 2. The van der Waals surface area contributed by atoms with Crippen LogP contribution < -0.4 is 9.46 Å². The van der Waals surface area contributed by atoms with Crippen LogP contribution in [0.15, 0.2) is 18.2 Å². The zero-order chi connectivity index (χ0) is 15.5. The molecule has 7 nitrogen and oxygen atoms in total. The molecule has 10 heteroatoms. The summed E-state index contributed by atoms with van der Waals surface area (Å²) in [6, 6.07) is 2.84. The summed E-state index contributed by atoms with van der Waals surface area (Å²) in [5.41, 5.74) is -0.763. The van der Waals surface area contributed by atoms with E-state index in [1.54, 1.807) is 0 Å². The van der Waals surface area contributed by atoms with Gasteiger partial charge in [0.2, 0.25) is 0 Å². The van der Waals surface area contributed by atoms with E-state index in [0.717, 1.165) is 22.5 Å². The topological polar surface area (TPSA) is 95.9 Å². The van der Waals surface area contributed by atoms with E-state index >= 15 is 0 Å². The van der Waals surface area contributed by atoms with Crippen molar-refractivity contribution in [2.75, 3.05) is 18.8 Å². The summed E-state index contributed by atoms with van der Waals surface area (Å²) < 4.78 is 54.3. The van der Waals surface area contributed by atoms with E-state index in [2.05, 4.69) is 4.74 Å². The van der Waals surface area contributed by atoms with Gasteiger partial charge in [-0.05, 0) is 12.1 Å². The second kappa shape index (κ2) is 6.01. The first-order valence-electron chi connectivity index (χ1n) is 5.16. The van der Waals surface area contributed by atoms with E-state index in [1.807, 2.05) is 4.72 Å². The number of hydrogen-bond donors (Lipinski definition) is 2. The van der Waals surface area contributed by atoms with Gasteiger partial charge in [0.25, 0.3) is 0 Å². The van der Waals surface area contributed by atoms with Crippen molar-refractivity contribution in [3.05, 3.63) is 23.8 Å². The van der Waals surface area contributed by atoms with Gasteiger partial charge in [0.1, 0.15) is 5.75 Å². The number of ether oxygens (including phenoxy) is 1. The summed E-state index contributed by atoms with van der Waals surface area (Å²) in [6.07, 6.45) is 0. The standard InChI is InChI=1S/C10H12F2N2O5S/c1-14(2)20(17,18)13-8-5-6(19-10(11)12)3-4-7(8)9(15)16/h3-5,10,13H,1-2H3,(H,15,16). The molecular weight excluding hydrogens is 298 g/mol. The van der Waals surface area contributed by atoms with Gasteiger partial charge in [-0.15, -0.1) is 0 Å². The van der Waals surface area contributed by atoms with Crippen molar-refractivity contribution in [2.45, 2.75) is 6.61 Å². The van der Waals surface area contributed by atoms with Gasteiger partial charge in [0.05, 0.1) is 11.3 Å². The first kappa shape index (κ1) is 16.1.